The molecule has 1 amide bonds. The lowest BCUT2D eigenvalue weighted by atomic mass is 10.1. The zero-order valence-corrected chi connectivity index (χ0v) is 15.3. The van der Waals surface area contributed by atoms with Crippen molar-refractivity contribution >= 4 is 16.8 Å². The lowest BCUT2D eigenvalue weighted by molar-refractivity contribution is 0.0597. The van der Waals surface area contributed by atoms with E-state index in [4.69, 9.17) is 14.2 Å². The molecule has 0 bridgehead atoms. The van der Waals surface area contributed by atoms with Crippen LogP contribution in [0, 0.1) is 0 Å². The van der Waals surface area contributed by atoms with E-state index in [1.807, 2.05) is 35.2 Å². The molecule has 1 saturated heterocycles. The van der Waals surface area contributed by atoms with Crippen molar-refractivity contribution in [2.45, 2.75) is 18.9 Å². The Hall–Kier alpha value is -3.28. The summed E-state index contributed by atoms with van der Waals surface area (Å²) in [7, 11) is 0. The Kier molecular flexibility index (Phi) is 4.24. The highest BCUT2D eigenvalue weighted by Gasteiger charge is 2.26. The summed E-state index contributed by atoms with van der Waals surface area (Å²) in [5.41, 5.74) is 1.51. The maximum absolute atomic E-state index is 12.8. The number of amides is 1. The third kappa shape index (κ3) is 3.11. The van der Waals surface area contributed by atoms with Crippen molar-refractivity contribution in [1.29, 1.82) is 0 Å². The molecule has 5 rings (SSSR count). The Labute approximate surface area is 162 Å². The number of piperidine rings is 1. The highest BCUT2D eigenvalue weighted by Crippen LogP contribution is 2.33. The van der Waals surface area contributed by atoms with Gasteiger partial charge in [0, 0.05) is 43.1 Å². The number of fused-ring (bicyclic) bond motifs is 2. The number of carbonyl (C=O) groups is 1. The van der Waals surface area contributed by atoms with Gasteiger partial charge in [0.05, 0.1) is 0 Å². The summed E-state index contributed by atoms with van der Waals surface area (Å²) in [6.45, 7) is 1.53. The number of rotatable bonds is 3. The van der Waals surface area contributed by atoms with Crippen LogP contribution in [0.25, 0.3) is 10.9 Å². The highest BCUT2D eigenvalue weighted by molar-refractivity contribution is 5.95. The summed E-state index contributed by atoms with van der Waals surface area (Å²) in [6.07, 6.45) is 3.44. The van der Waals surface area contributed by atoms with E-state index in [0.29, 0.717) is 30.2 Å². The van der Waals surface area contributed by atoms with Crippen molar-refractivity contribution in [3.8, 4) is 17.2 Å². The van der Waals surface area contributed by atoms with Crippen LogP contribution in [0.2, 0.25) is 0 Å². The van der Waals surface area contributed by atoms with Crippen molar-refractivity contribution < 1.29 is 19.0 Å². The van der Waals surface area contributed by atoms with Gasteiger partial charge in [-0.05, 0) is 30.3 Å². The van der Waals surface area contributed by atoms with E-state index in [0.717, 1.165) is 29.5 Å². The van der Waals surface area contributed by atoms with Crippen LogP contribution in [0.3, 0.4) is 0 Å². The fraction of sp³-hybridized carbons (Fsp3) is 0.273. The number of hydrogen-bond donors (Lipinski definition) is 0. The number of para-hydroxylation sites is 1. The van der Waals surface area contributed by atoms with Gasteiger partial charge < -0.3 is 19.1 Å². The Morgan fingerprint density at radius 2 is 1.86 bits per heavy atom. The van der Waals surface area contributed by atoms with E-state index in [1.165, 1.54) is 0 Å². The van der Waals surface area contributed by atoms with Crippen LogP contribution in [-0.2, 0) is 0 Å². The number of benzene rings is 2. The molecule has 0 spiro atoms. The minimum absolute atomic E-state index is 0.0172. The molecule has 2 aliphatic rings. The van der Waals surface area contributed by atoms with Gasteiger partial charge in [-0.15, -0.1) is 0 Å². The van der Waals surface area contributed by atoms with Gasteiger partial charge in [-0.25, -0.2) is 0 Å². The smallest absolute Gasteiger partial charge is 0.253 e. The fourth-order valence-electron chi connectivity index (χ4n) is 3.74. The monoisotopic (exact) mass is 376 g/mol. The third-order valence-electron chi connectivity index (χ3n) is 5.24. The molecule has 6 heteroatoms. The summed E-state index contributed by atoms with van der Waals surface area (Å²) in [4.78, 5) is 19.1. The minimum atomic E-state index is 0.0172. The molecule has 2 aromatic carbocycles. The van der Waals surface area contributed by atoms with Crippen LogP contribution in [0.15, 0.2) is 54.7 Å². The zero-order chi connectivity index (χ0) is 18.9. The summed E-state index contributed by atoms with van der Waals surface area (Å²) in [6, 6.07) is 15.3. The molecular formula is C22H20N2O4. The molecule has 0 radical (unpaired) electrons. The van der Waals surface area contributed by atoms with Gasteiger partial charge >= 0.3 is 0 Å². The number of likely N-dealkylation sites (tertiary alicyclic amines) is 1. The van der Waals surface area contributed by atoms with Crippen LogP contribution in [0.4, 0.5) is 0 Å². The second kappa shape index (κ2) is 7.03. The number of pyridine rings is 1. The maximum atomic E-state index is 12.8. The number of hydrogen-bond acceptors (Lipinski definition) is 5. The van der Waals surface area contributed by atoms with Crippen LogP contribution in [0.5, 0.6) is 17.2 Å². The number of aromatic nitrogens is 1. The van der Waals surface area contributed by atoms with Gasteiger partial charge in [0.2, 0.25) is 6.79 Å². The molecule has 0 aliphatic carbocycles. The predicted molar refractivity (Wildman–Crippen MR) is 104 cm³/mol. The van der Waals surface area contributed by atoms with Crippen LogP contribution < -0.4 is 14.2 Å². The molecule has 3 aromatic rings. The maximum Gasteiger partial charge on any atom is 0.253 e. The minimum Gasteiger partial charge on any atom is -0.488 e. The second-order valence-electron chi connectivity index (χ2n) is 7.01. The summed E-state index contributed by atoms with van der Waals surface area (Å²) >= 11 is 0. The second-order valence-corrected chi connectivity index (χ2v) is 7.01. The van der Waals surface area contributed by atoms with Gasteiger partial charge in [-0.1, -0.05) is 18.2 Å². The van der Waals surface area contributed by atoms with E-state index in [-0.39, 0.29) is 18.8 Å². The molecule has 2 aliphatic heterocycles. The molecule has 0 saturated carbocycles. The Morgan fingerprint density at radius 1 is 1.04 bits per heavy atom. The lowest BCUT2D eigenvalue weighted by Gasteiger charge is -2.32. The molecular weight excluding hydrogens is 356 g/mol. The molecule has 0 unspecified atom stereocenters. The molecule has 0 atom stereocenters. The van der Waals surface area contributed by atoms with Crippen molar-refractivity contribution in [1.82, 2.24) is 9.88 Å². The van der Waals surface area contributed by atoms with Gasteiger partial charge in [0.15, 0.2) is 11.5 Å². The first-order valence-electron chi connectivity index (χ1n) is 9.47. The standard InChI is InChI=1S/C22H20N2O4/c25-22(16-6-7-18-20(13-16)27-14-26-18)24-11-8-17(9-12-24)28-19-5-1-3-15-4-2-10-23-21(15)19/h1-7,10,13,17H,8-9,11-12,14H2. The molecule has 6 nitrogen and oxygen atoms in total. The van der Waals surface area contributed by atoms with E-state index < -0.39 is 0 Å². The summed E-state index contributed by atoms with van der Waals surface area (Å²) in [5, 5.41) is 1.07. The lowest BCUT2D eigenvalue weighted by Crippen LogP contribution is -2.41. The fourth-order valence-corrected chi connectivity index (χ4v) is 3.74. The molecule has 0 N–H and O–H groups in total. The van der Waals surface area contributed by atoms with Crippen molar-refractivity contribution in [3.63, 3.8) is 0 Å². The molecule has 3 heterocycles. The Morgan fingerprint density at radius 3 is 2.75 bits per heavy atom. The van der Waals surface area contributed by atoms with E-state index in [1.54, 1.807) is 24.4 Å². The molecule has 1 fully saturated rings. The van der Waals surface area contributed by atoms with E-state index >= 15 is 0 Å². The number of nitrogens with zero attached hydrogens (tertiary/aromatic N) is 2. The largest absolute Gasteiger partial charge is 0.488 e. The molecule has 142 valence electrons. The van der Waals surface area contributed by atoms with Gasteiger partial charge in [0.1, 0.15) is 17.4 Å². The van der Waals surface area contributed by atoms with Crippen LogP contribution in [0.1, 0.15) is 23.2 Å². The van der Waals surface area contributed by atoms with Crippen molar-refractivity contribution in [3.05, 3.63) is 60.3 Å². The first-order valence-corrected chi connectivity index (χ1v) is 9.47. The van der Waals surface area contributed by atoms with E-state index in [2.05, 4.69) is 4.98 Å². The summed E-state index contributed by atoms with van der Waals surface area (Å²) in [5.74, 6) is 2.14. The van der Waals surface area contributed by atoms with Gasteiger partial charge in [0.25, 0.3) is 5.91 Å². The topological polar surface area (TPSA) is 60.9 Å². The quantitative estimate of drug-likeness (QED) is 0.698. The molecule has 1 aromatic heterocycles. The van der Waals surface area contributed by atoms with Crippen molar-refractivity contribution in [2.75, 3.05) is 19.9 Å². The zero-order valence-electron chi connectivity index (χ0n) is 15.3. The predicted octanol–water partition coefficient (Wildman–Crippen LogP) is 3.65. The third-order valence-corrected chi connectivity index (χ3v) is 5.24. The van der Waals surface area contributed by atoms with Crippen LogP contribution in [-0.4, -0.2) is 41.8 Å². The average molecular weight is 376 g/mol. The number of ether oxygens (including phenoxy) is 3. The summed E-state index contributed by atoms with van der Waals surface area (Å²) < 4.78 is 16.9. The Balaban J connectivity index is 1.24. The van der Waals surface area contributed by atoms with Gasteiger partial charge in [-0.3, -0.25) is 9.78 Å². The average Bonchev–Trinajstić information content (AvgIpc) is 3.22. The van der Waals surface area contributed by atoms with Crippen molar-refractivity contribution in [2.24, 2.45) is 0 Å². The SMILES string of the molecule is O=C(c1ccc2c(c1)OCO2)N1CCC(Oc2cccc3cccnc23)CC1. The Bertz CT molecular complexity index is 1020. The van der Waals surface area contributed by atoms with Gasteiger partial charge in [-0.2, -0.15) is 0 Å². The molecule has 28 heavy (non-hydrogen) atoms. The highest BCUT2D eigenvalue weighted by atomic mass is 16.7. The van der Waals surface area contributed by atoms with E-state index in [9.17, 15) is 4.79 Å². The van der Waals surface area contributed by atoms with Crippen LogP contribution >= 0.6 is 0 Å². The first kappa shape index (κ1) is 16.9. The number of carbonyl (C=O) groups excluding carboxylic acids is 1. The first-order chi connectivity index (χ1) is 13.8. The normalized spacial score (nSPS) is 16.4.